The third-order valence-electron chi connectivity index (χ3n) is 3.54. The van der Waals surface area contributed by atoms with Crippen molar-refractivity contribution >= 4 is 5.91 Å². The topological polar surface area (TPSA) is 77.7 Å². The van der Waals surface area contributed by atoms with Gasteiger partial charge in [0.25, 0.3) is 0 Å². The van der Waals surface area contributed by atoms with Crippen LogP contribution in [0.5, 0.6) is 11.5 Å². The molecule has 7 heteroatoms. The summed E-state index contributed by atoms with van der Waals surface area (Å²) in [6, 6.07) is 7.50. The first-order valence-corrected chi connectivity index (χ1v) is 7.04. The van der Waals surface area contributed by atoms with Crippen LogP contribution in [0.3, 0.4) is 0 Å². The fraction of sp³-hybridized carbons (Fsp3) is 0.400. The van der Waals surface area contributed by atoms with Crippen molar-refractivity contribution in [2.45, 2.75) is 19.4 Å². The third-order valence-corrected chi connectivity index (χ3v) is 3.54. The van der Waals surface area contributed by atoms with E-state index >= 15 is 0 Å². The minimum absolute atomic E-state index is 0.0683. The molecule has 22 heavy (non-hydrogen) atoms. The monoisotopic (exact) mass is 303 g/mol. The van der Waals surface area contributed by atoms with Gasteiger partial charge < -0.3 is 14.4 Å². The lowest BCUT2D eigenvalue weighted by Gasteiger charge is -2.29. The Balaban J connectivity index is 1.57. The largest absolute Gasteiger partial charge is 0.486 e. The van der Waals surface area contributed by atoms with Crippen LogP contribution in [0.15, 0.2) is 28.9 Å². The van der Waals surface area contributed by atoms with Crippen molar-refractivity contribution < 1.29 is 18.9 Å². The van der Waals surface area contributed by atoms with Crippen LogP contribution in [0.1, 0.15) is 11.4 Å². The number of amides is 1. The molecule has 116 valence electrons. The molecule has 0 spiro atoms. The van der Waals surface area contributed by atoms with Gasteiger partial charge in [0, 0.05) is 7.05 Å². The van der Waals surface area contributed by atoms with Crippen LogP contribution in [-0.2, 0) is 11.2 Å². The Bertz CT molecular complexity index is 670. The quantitative estimate of drug-likeness (QED) is 0.845. The van der Waals surface area contributed by atoms with Crippen LogP contribution in [0.25, 0.3) is 0 Å². The SMILES string of the molecule is Cc1nonc1CC(=O)N(C)C[C@H]1COc2ccccc2O1. The number of hydrogen-bond donors (Lipinski definition) is 0. The van der Waals surface area contributed by atoms with E-state index in [1.54, 1.807) is 18.9 Å². The Hall–Kier alpha value is -2.57. The highest BCUT2D eigenvalue weighted by Gasteiger charge is 2.24. The van der Waals surface area contributed by atoms with Crippen molar-refractivity contribution in [1.29, 1.82) is 0 Å². The molecular weight excluding hydrogens is 286 g/mol. The number of carbonyl (C=O) groups is 1. The van der Waals surface area contributed by atoms with Crippen LogP contribution >= 0.6 is 0 Å². The molecule has 2 aromatic rings. The van der Waals surface area contributed by atoms with Crippen molar-refractivity contribution in [3.05, 3.63) is 35.7 Å². The lowest BCUT2D eigenvalue weighted by atomic mass is 10.2. The summed E-state index contributed by atoms with van der Waals surface area (Å²) in [7, 11) is 1.73. The molecule has 3 rings (SSSR count). The molecule has 1 atom stereocenters. The zero-order valence-electron chi connectivity index (χ0n) is 12.5. The van der Waals surface area contributed by atoms with E-state index in [4.69, 9.17) is 9.47 Å². The summed E-state index contributed by atoms with van der Waals surface area (Å²) in [6.07, 6.45) is -0.0314. The number of aryl methyl sites for hydroxylation is 1. The van der Waals surface area contributed by atoms with E-state index in [-0.39, 0.29) is 18.4 Å². The maximum absolute atomic E-state index is 12.2. The summed E-state index contributed by atoms with van der Waals surface area (Å²) in [5, 5.41) is 7.39. The highest BCUT2D eigenvalue weighted by Crippen LogP contribution is 2.30. The first-order valence-electron chi connectivity index (χ1n) is 7.04. The molecule has 0 saturated heterocycles. The number of para-hydroxylation sites is 2. The highest BCUT2D eigenvalue weighted by atomic mass is 16.6. The molecule has 0 saturated carbocycles. The summed E-state index contributed by atoms with van der Waals surface area (Å²) in [4.78, 5) is 13.8. The summed E-state index contributed by atoms with van der Waals surface area (Å²) in [6.45, 7) is 2.62. The second-order valence-electron chi connectivity index (χ2n) is 5.24. The molecule has 0 bridgehead atoms. The van der Waals surface area contributed by atoms with Gasteiger partial charge in [-0.15, -0.1) is 0 Å². The lowest BCUT2D eigenvalue weighted by Crippen LogP contribution is -2.42. The Kier molecular flexibility index (Phi) is 3.95. The van der Waals surface area contributed by atoms with E-state index in [0.29, 0.717) is 30.3 Å². The Morgan fingerprint density at radius 1 is 1.32 bits per heavy atom. The van der Waals surface area contributed by atoms with Crippen LogP contribution in [-0.4, -0.2) is 47.4 Å². The van der Waals surface area contributed by atoms with Crippen molar-refractivity contribution in [3.63, 3.8) is 0 Å². The van der Waals surface area contributed by atoms with Gasteiger partial charge in [0.1, 0.15) is 18.0 Å². The number of fused-ring (bicyclic) bond motifs is 1. The van der Waals surface area contributed by atoms with E-state index in [1.807, 2.05) is 24.3 Å². The number of hydrogen-bond acceptors (Lipinski definition) is 6. The molecule has 0 N–H and O–H groups in total. The molecule has 1 amide bonds. The number of carbonyl (C=O) groups excluding carboxylic acids is 1. The van der Waals surface area contributed by atoms with E-state index in [0.717, 1.165) is 5.75 Å². The predicted octanol–water partition coefficient (Wildman–Crippen LogP) is 1.22. The first kappa shape index (κ1) is 14.4. The molecule has 0 fully saturated rings. The number of aromatic nitrogens is 2. The molecule has 0 aliphatic carbocycles. The van der Waals surface area contributed by atoms with E-state index in [1.165, 1.54) is 0 Å². The maximum Gasteiger partial charge on any atom is 0.228 e. The Labute approximate surface area is 127 Å². The fourth-order valence-corrected chi connectivity index (χ4v) is 2.25. The van der Waals surface area contributed by atoms with E-state index in [2.05, 4.69) is 14.9 Å². The first-order chi connectivity index (χ1) is 10.6. The summed E-state index contributed by atoms with van der Waals surface area (Å²) in [5.41, 5.74) is 1.19. The minimum Gasteiger partial charge on any atom is -0.486 e. The summed E-state index contributed by atoms with van der Waals surface area (Å²) >= 11 is 0. The van der Waals surface area contributed by atoms with E-state index in [9.17, 15) is 4.79 Å². The van der Waals surface area contributed by atoms with Crippen molar-refractivity contribution in [2.24, 2.45) is 0 Å². The summed E-state index contributed by atoms with van der Waals surface area (Å²) in [5.74, 6) is 1.37. The van der Waals surface area contributed by atoms with Crippen molar-refractivity contribution in [3.8, 4) is 11.5 Å². The van der Waals surface area contributed by atoms with Crippen molar-refractivity contribution in [2.75, 3.05) is 20.2 Å². The average molecular weight is 303 g/mol. The number of likely N-dealkylation sites (N-methyl/N-ethyl adjacent to an activating group) is 1. The Morgan fingerprint density at radius 3 is 2.82 bits per heavy atom. The molecule has 1 aliphatic heterocycles. The van der Waals surface area contributed by atoms with E-state index < -0.39 is 0 Å². The average Bonchev–Trinajstić information content (AvgIpc) is 2.92. The second kappa shape index (κ2) is 6.05. The third kappa shape index (κ3) is 3.03. The van der Waals surface area contributed by atoms with Crippen LogP contribution in [0.2, 0.25) is 0 Å². The molecule has 2 heterocycles. The fourth-order valence-electron chi connectivity index (χ4n) is 2.25. The zero-order chi connectivity index (χ0) is 15.5. The molecule has 0 radical (unpaired) electrons. The highest BCUT2D eigenvalue weighted by molar-refractivity contribution is 5.78. The van der Waals surface area contributed by atoms with Gasteiger partial charge in [-0.25, -0.2) is 4.63 Å². The van der Waals surface area contributed by atoms with Crippen LogP contribution in [0.4, 0.5) is 0 Å². The van der Waals surface area contributed by atoms with Gasteiger partial charge >= 0.3 is 0 Å². The smallest absolute Gasteiger partial charge is 0.228 e. The zero-order valence-corrected chi connectivity index (χ0v) is 12.5. The molecule has 1 aromatic heterocycles. The van der Waals surface area contributed by atoms with Gasteiger partial charge in [-0.2, -0.15) is 0 Å². The summed E-state index contributed by atoms with van der Waals surface area (Å²) < 4.78 is 16.1. The van der Waals surface area contributed by atoms with Gasteiger partial charge in [-0.05, 0) is 19.1 Å². The molecular formula is C15H17N3O4. The Morgan fingerprint density at radius 2 is 2.09 bits per heavy atom. The van der Waals surface area contributed by atoms with Crippen LogP contribution in [0, 0.1) is 6.92 Å². The lowest BCUT2D eigenvalue weighted by molar-refractivity contribution is -0.130. The molecule has 1 aliphatic rings. The number of rotatable bonds is 4. The minimum atomic E-state index is -0.194. The molecule has 7 nitrogen and oxygen atoms in total. The molecule has 0 unspecified atom stereocenters. The second-order valence-corrected chi connectivity index (χ2v) is 5.24. The normalized spacial score (nSPS) is 16.4. The number of benzene rings is 1. The van der Waals surface area contributed by atoms with Crippen molar-refractivity contribution in [1.82, 2.24) is 15.2 Å². The van der Waals surface area contributed by atoms with Gasteiger partial charge in [-0.1, -0.05) is 22.4 Å². The predicted molar refractivity (Wildman–Crippen MR) is 76.7 cm³/mol. The maximum atomic E-state index is 12.2. The van der Waals surface area contributed by atoms with Gasteiger partial charge in [0.15, 0.2) is 17.6 Å². The standard InChI is InChI=1S/C15H17N3O4/c1-10-12(17-22-16-10)7-15(19)18(2)8-11-9-20-13-5-3-4-6-14(13)21-11/h3-6,11H,7-9H2,1-2H3/t11-/m0/s1. The van der Waals surface area contributed by atoms with Gasteiger partial charge in [0.05, 0.1) is 13.0 Å². The van der Waals surface area contributed by atoms with Crippen LogP contribution < -0.4 is 9.47 Å². The number of ether oxygens (including phenoxy) is 2. The molecule has 1 aromatic carbocycles. The number of nitrogens with zero attached hydrogens (tertiary/aromatic N) is 3. The van der Waals surface area contributed by atoms with Gasteiger partial charge in [-0.3, -0.25) is 4.79 Å². The van der Waals surface area contributed by atoms with Gasteiger partial charge in [0.2, 0.25) is 5.91 Å².